The molecule has 0 spiro atoms. The number of nitrogens with two attached hydrogens (primary N) is 1. The lowest BCUT2D eigenvalue weighted by Gasteiger charge is -2.28. The van der Waals surface area contributed by atoms with Gasteiger partial charge < -0.3 is 19.9 Å². The first-order chi connectivity index (χ1) is 17.7. The second-order valence-corrected chi connectivity index (χ2v) is 8.24. The largest absolute Gasteiger partial charge is 0.459 e. The number of halogens is 2. The van der Waals surface area contributed by atoms with Crippen LogP contribution in [0.25, 0.3) is 10.4 Å². The number of ether oxygens (including phenoxy) is 3. The molecule has 12 nitrogen and oxygen atoms in total. The molecule has 14 heteroatoms. The van der Waals surface area contributed by atoms with E-state index in [1.165, 1.54) is 42.5 Å². The van der Waals surface area contributed by atoms with E-state index in [0.717, 1.165) is 10.8 Å². The minimum atomic E-state index is -2.39. The van der Waals surface area contributed by atoms with Gasteiger partial charge in [-0.15, -0.1) is 0 Å². The summed E-state index contributed by atoms with van der Waals surface area (Å²) in [6.45, 7) is -0.872. The van der Waals surface area contributed by atoms with E-state index in [4.69, 9.17) is 31.5 Å². The molecule has 1 aliphatic rings. The highest BCUT2D eigenvalue weighted by Crippen LogP contribution is 2.42. The zero-order valence-corrected chi connectivity index (χ0v) is 19.6. The summed E-state index contributed by atoms with van der Waals surface area (Å²) in [5, 5.41) is 3.77. The number of hydrogen-bond acceptors (Lipinski definition) is 9. The summed E-state index contributed by atoms with van der Waals surface area (Å²) in [4.78, 5) is 44.0. The number of rotatable bonds is 7. The highest BCUT2D eigenvalue weighted by Gasteiger charge is 2.60. The maximum absolute atomic E-state index is 15.9. The third-order valence-electron chi connectivity index (χ3n) is 5.38. The molecule has 37 heavy (non-hydrogen) atoms. The van der Waals surface area contributed by atoms with Gasteiger partial charge in [-0.3, -0.25) is 4.57 Å². The fourth-order valence-corrected chi connectivity index (χ4v) is 3.84. The molecule has 2 N–H and O–H groups in total. The van der Waals surface area contributed by atoms with E-state index < -0.39 is 48.5 Å². The number of esters is 2. The van der Waals surface area contributed by atoms with E-state index in [1.807, 2.05) is 0 Å². The zero-order valence-electron chi connectivity index (χ0n) is 18.8. The van der Waals surface area contributed by atoms with Gasteiger partial charge in [-0.1, -0.05) is 41.0 Å². The topological polar surface area (TPSA) is 171 Å². The Bertz CT molecular complexity index is 1430. The van der Waals surface area contributed by atoms with Gasteiger partial charge in [0.2, 0.25) is 5.72 Å². The zero-order chi connectivity index (χ0) is 26.6. The number of hydrogen-bond donors (Lipinski definition) is 1. The van der Waals surface area contributed by atoms with E-state index >= 15 is 4.39 Å². The summed E-state index contributed by atoms with van der Waals surface area (Å²) in [5.41, 5.74) is 11.5. The van der Waals surface area contributed by atoms with Crippen molar-refractivity contribution in [3.05, 3.63) is 104 Å². The van der Waals surface area contributed by atoms with Crippen molar-refractivity contribution in [2.24, 2.45) is 5.11 Å². The summed E-state index contributed by atoms with van der Waals surface area (Å²) in [7, 11) is 0. The summed E-state index contributed by atoms with van der Waals surface area (Å²) < 4.78 is 32.9. The minimum absolute atomic E-state index is 0.0479. The maximum Gasteiger partial charge on any atom is 0.351 e. The fourth-order valence-electron chi connectivity index (χ4n) is 3.65. The Kier molecular flexibility index (Phi) is 7.39. The molecule has 0 amide bonds. The van der Waals surface area contributed by atoms with E-state index in [1.54, 1.807) is 18.2 Å². The fraction of sp³-hybridized carbons (Fsp3) is 0.217. The first-order valence-electron chi connectivity index (χ1n) is 10.7. The Labute approximate surface area is 213 Å². The van der Waals surface area contributed by atoms with Crippen LogP contribution in [0, 0.1) is 0 Å². The predicted molar refractivity (Wildman–Crippen MR) is 127 cm³/mol. The number of aromatic nitrogens is 2. The van der Waals surface area contributed by atoms with Crippen molar-refractivity contribution in [3.8, 4) is 0 Å². The molecule has 1 saturated heterocycles. The van der Waals surface area contributed by atoms with Crippen LogP contribution in [0.1, 0.15) is 26.9 Å². The smallest absolute Gasteiger partial charge is 0.351 e. The molecular formula is C23H18ClFN6O6. The van der Waals surface area contributed by atoms with Crippen LogP contribution >= 0.6 is 11.6 Å². The van der Waals surface area contributed by atoms with E-state index in [0.29, 0.717) is 0 Å². The molecule has 4 atom stereocenters. The van der Waals surface area contributed by atoms with Gasteiger partial charge in [0, 0.05) is 16.1 Å². The summed E-state index contributed by atoms with van der Waals surface area (Å²) in [6, 6.07) is 14.6. The van der Waals surface area contributed by atoms with Gasteiger partial charge in [-0.05, 0) is 41.9 Å². The Morgan fingerprint density at radius 1 is 1.19 bits per heavy atom. The number of nitrogens with zero attached hydrogens (tertiary/aromatic N) is 5. The third kappa shape index (κ3) is 5.38. The summed E-state index contributed by atoms with van der Waals surface area (Å²) in [6.07, 6.45) is -4.85. The highest BCUT2D eigenvalue weighted by molar-refractivity contribution is 6.30. The third-order valence-corrected chi connectivity index (χ3v) is 5.62. The van der Waals surface area contributed by atoms with Crippen molar-refractivity contribution in [1.29, 1.82) is 0 Å². The summed E-state index contributed by atoms with van der Waals surface area (Å²) >= 11 is 5.91. The number of benzene rings is 2. The lowest BCUT2D eigenvalue weighted by atomic mass is 10.1. The normalized spacial score (nSPS) is 22.6. The average molecular weight is 529 g/mol. The molecule has 1 aliphatic heterocycles. The molecule has 0 saturated carbocycles. The standard InChI is InChI=1S/C23H18ClFN6O6/c24-15-8-4-7-14(11-15)20(32)35-12-23(29-30-27)18(36-21(33)13-5-2-1-3-6-13)17(25)19(37-23)31-10-9-16(26)28-22(31)34/h1-11,17-19H,12H2,(H2,26,28,34)/t17-,18-,19+,23+/m0/s1. The van der Waals surface area contributed by atoms with Crippen LogP contribution in [0.2, 0.25) is 5.02 Å². The number of nitrogen functional groups attached to an aromatic ring is 1. The Morgan fingerprint density at radius 2 is 1.92 bits per heavy atom. The SMILES string of the molecule is [N-]=[N+]=N[C@]1(COC(=O)c2cccc(Cl)c2)O[C@@H](n2ccc(N)nc2=O)[C@@H](F)[C@@H]1OC(=O)c1ccccc1. The second kappa shape index (κ2) is 10.7. The van der Waals surface area contributed by atoms with Crippen LogP contribution in [0.3, 0.4) is 0 Å². The maximum atomic E-state index is 15.9. The minimum Gasteiger partial charge on any atom is -0.459 e. The van der Waals surface area contributed by atoms with E-state index in [9.17, 15) is 19.9 Å². The highest BCUT2D eigenvalue weighted by atomic mass is 35.5. The van der Waals surface area contributed by atoms with Gasteiger partial charge in [0.1, 0.15) is 12.4 Å². The first kappa shape index (κ1) is 25.6. The molecule has 190 valence electrons. The van der Waals surface area contributed by atoms with Gasteiger partial charge in [-0.25, -0.2) is 18.8 Å². The van der Waals surface area contributed by atoms with Crippen molar-refractivity contribution in [2.45, 2.75) is 24.2 Å². The van der Waals surface area contributed by atoms with Crippen LogP contribution in [-0.4, -0.2) is 46.1 Å². The van der Waals surface area contributed by atoms with Gasteiger partial charge in [0.05, 0.1) is 11.1 Å². The van der Waals surface area contributed by atoms with Crippen LogP contribution in [0.15, 0.2) is 76.8 Å². The molecule has 2 heterocycles. The van der Waals surface area contributed by atoms with E-state index in [2.05, 4.69) is 15.0 Å². The van der Waals surface area contributed by atoms with Crippen molar-refractivity contribution < 1.29 is 28.2 Å². The van der Waals surface area contributed by atoms with Crippen LogP contribution in [0.5, 0.6) is 0 Å². The monoisotopic (exact) mass is 528 g/mol. The molecule has 1 fully saturated rings. The first-order valence-corrected chi connectivity index (χ1v) is 11.0. The molecule has 2 aromatic carbocycles. The van der Waals surface area contributed by atoms with Crippen molar-refractivity contribution >= 4 is 29.4 Å². The van der Waals surface area contributed by atoms with Crippen LogP contribution in [-0.2, 0) is 14.2 Å². The molecule has 0 unspecified atom stereocenters. The Morgan fingerprint density at radius 3 is 2.59 bits per heavy atom. The molecule has 0 aliphatic carbocycles. The molecular weight excluding hydrogens is 511 g/mol. The number of alkyl halides is 1. The Hall–Kier alpha value is -4.45. The van der Waals surface area contributed by atoms with Crippen molar-refractivity contribution in [1.82, 2.24) is 9.55 Å². The lowest BCUT2D eigenvalue weighted by molar-refractivity contribution is -0.129. The quantitative estimate of drug-likeness (QED) is 0.210. The Balaban J connectivity index is 1.70. The molecule has 0 radical (unpaired) electrons. The lowest BCUT2D eigenvalue weighted by Crippen LogP contribution is -2.47. The van der Waals surface area contributed by atoms with Gasteiger partial charge in [0.25, 0.3) is 0 Å². The molecule has 3 aromatic rings. The van der Waals surface area contributed by atoms with Crippen molar-refractivity contribution in [2.75, 3.05) is 12.3 Å². The van der Waals surface area contributed by atoms with Crippen LogP contribution in [0.4, 0.5) is 10.2 Å². The van der Waals surface area contributed by atoms with E-state index in [-0.39, 0.29) is 22.0 Å². The molecule has 0 bridgehead atoms. The van der Waals surface area contributed by atoms with Gasteiger partial charge >= 0.3 is 17.6 Å². The number of carbonyl (C=O) groups excluding carboxylic acids is 2. The second-order valence-electron chi connectivity index (χ2n) is 7.81. The summed E-state index contributed by atoms with van der Waals surface area (Å²) in [5.74, 6) is -2.01. The number of carbonyl (C=O) groups is 2. The number of azide groups is 1. The van der Waals surface area contributed by atoms with Gasteiger partial charge in [0.15, 0.2) is 18.5 Å². The van der Waals surface area contributed by atoms with Gasteiger partial charge in [-0.2, -0.15) is 4.98 Å². The average Bonchev–Trinajstić information content (AvgIpc) is 3.14. The van der Waals surface area contributed by atoms with Crippen molar-refractivity contribution in [3.63, 3.8) is 0 Å². The molecule has 1 aromatic heterocycles. The predicted octanol–water partition coefficient (Wildman–Crippen LogP) is 3.44. The molecule has 4 rings (SSSR count). The number of anilines is 1. The van der Waals surface area contributed by atoms with Crippen LogP contribution < -0.4 is 11.4 Å².